The minimum Gasteiger partial charge on any atom is -0.479 e. The maximum absolute atomic E-state index is 13.3. The first-order chi connectivity index (χ1) is 17.3. The van der Waals surface area contributed by atoms with Gasteiger partial charge in [0.15, 0.2) is 5.54 Å². The summed E-state index contributed by atoms with van der Waals surface area (Å²) in [6.45, 7) is 0.500. The summed E-state index contributed by atoms with van der Waals surface area (Å²) in [6.07, 6.45) is 3.82. The summed E-state index contributed by atoms with van der Waals surface area (Å²) in [4.78, 5) is 42.4. The molecule has 1 aliphatic carbocycles. The van der Waals surface area contributed by atoms with Gasteiger partial charge in [0.2, 0.25) is 11.8 Å². The van der Waals surface area contributed by atoms with Gasteiger partial charge in [-0.2, -0.15) is 0 Å². The standard InChI is InChI=1S/C27H33N5O4/c28-15-18-10-12-19(13-11-18)25(34)31-22(14-17-6-2-1-3-7-17)24-30-16-27(32-24,26(35)36)21-9-5-4-8-20(21)23(29)33/h1-9,18-19,22H,10-16,28H2,(H2,29,33)(H,30,32)(H,31,34)(H,35,36). The van der Waals surface area contributed by atoms with Crippen LogP contribution in [0.1, 0.15) is 47.2 Å². The highest BCUT2D eigenvalue weighted by Gasteiger charge is 2.48. The first-order valence-corrected chi connectivity index (χ1v) is 12.3. The van der Waals surface area contributed by atoms with Gasteiger partial charge in [0.05, 0.1) is 12.6 Å². The third kappa shape index (κ3) is 5.26. The number of amidine groups is 1. The fourth-order valence-electron chi connectivity index (χ4n) is 5.17. The quantitative estimate of drug-likeness (QED) is 0.358. The van der Waals surface area contributed by atoms with Crippen molar-refractivity contribution in [1.82, 2.24) is 10.6 Å². The Balaban J connectivity index is 1.60. The minimum atomic E-state index is -1.67. The normalized spacial score (nSPS) is 24.3. The summed E-state index contributed by atoms with van der Waals surface area (Å²) < 4.78 is 0. The summed E-state index contributed by atoms with van der Waals surface area (Å²) in [5.41, 5.74) is 11.0. The second-order valence-electron chi connectivity index (χ2n) is 9.65. The zero-order valence-electron chi connectivity index (χ0n) is 20.2. The Hall–Kier alpha value is -3.72. The number of hydrogen-bond acceptors (Lipinski definition) is 6. The van der Waals surface area contributed by atoms with Gasteiger partial charge in [0.25, 0.3) is 0 Å². The van der Waals surface area contributed by atoms with Crippen LogP contribution in [0.15, 0.2) is 59.6 Å². The van der Waals surface area contributed by atoms with Crippen molar-refractivity contribution in [2.75, 3.05) is 13.1 Å². The van der Waals surface area contributed by atoms with Crippen LogP contribution >= 0.6 is 0 Å². The number of aliphatic carboxylic acids is 1. The Morgan fingerprint density at radius 3 is 2.36 bits per heavy atom. The van der Waals surface area contributed by atoms with Crippen LogP contribution in [0.5, 0.6) is 0 Å². The molecule has 0 saturated heterocycles. The van der Waals surface area contributed by atoms with E-state index < -0.39 is 23.5 Å². The molecule has 2 aliphatic rings. The zero-order chi connectivity index (χ0) is 25.7. The molecule has 2 unspecified atom stereocenters. The number of hydrogen-bond donors (Lipinski definition) is 5. The Labute approximate surface area is 210 Å². The summed E-state index contributed by atoms with van der Waals surface area (Å²) in [5, 5.41) is 16.5. The van der Waals surface area contributed by atoms with E-state index in [4.69, 9.17) is 11.5 Å². The molecule has 2 amide bonds. The average molecular weight is 492 g/mol. The van der Waals surface area contributed by atoms with Crippen molar-refractivity contribution in [1.29, 1.82) is 0 Å². The van der Waals surface area contributed by atoms with E-state index in [0.717, 1.165) is 31.2 Å². The number of carboxylic acids is 1. The largest absolute Gasteiger partial charge is 0.479 e. The molecule has 0 aromatic heterocycles. The number of aliphatic imine (C=N–C) groups is 1. The van der Waals surface area contributed by atoms with Crippen molar-refractivity contribution >= 4 is 23.6 Å². The number of nitrogens with zero attached hydrogens (tertiary/aromatic N) is 1. The number of carbonyl (C=O) groups is 3. The first kappa shape index (κ1) is 25.4. The van der Waals surface area contributed by atoms with Crippen LogP contribution in [0.4, 0.5) is 0 Å². The van der Waals surface area contributed by atoms with E-state index in [1.807, 2.05) is 30.3 Å². The SMILES string of the molecule is NCC1CCC(C(=O)NC(Cc2ccccc2)C2=NCC(C(=O)O)(c3ccccc3C(N)=O)N2)CC1. The van der Waals surface area contributed by atoms with Crippen LogP contribution in [0.3, 0.4) is 0 Å². The predicted molar refractivity (Wildman–Crippen MR) is 136 cm³/mol. The Morgan fingerprint density at radius 1 is 1.06 bits per heavy atom. The van der Waals surface area contributed by atoms with E-state index in [0.29, 0.717) is 24.7 Å². The maximum atomic E-state index is 13.3. The van der Waals surface area contributed by atoms with Crippen molar-refractivity contribution in [3.05, 3.63) is 71.3 Å². The molecule has 0 spiro atoms. The molecule has 2 aromatic carbocycles. The second-order valence-corrected chi connectivity index (χ2v) is 9.65. The highest BCUT2D eigenvalue weighted by Crippen LogP contribution is 2.31. The van der Waals surface area contributed by atoms with Gasteiger partial charge in [-0.3, -0.25) is 14.6 Å². The van der Waals surface area contributed by atoms with Crippen LogP contribution in [0.25, 0.3) is 0 Å². The zero-order valence-corrected chi connectivity index (χ0v) is 20.2. The number of carboxylic acid groups (broad SMARTS) is 1. The lowest BCUT2D eigenvalue weighted by molar-refractivity contribution is -0.143. The number of nitrogens with one attached hydrogen (secondary N) is 2. The van der Waals surface area contributed by atoms with Crippen molar-refractivity contribution in [2.45, 2.75) is 43.7 Å². The lowest BCUT2D eigenvalue weighted by atomic mass is 9.81. The van der Waals surface area contributed by atoms with Crippen molar-refractivity contribution < 1.29 is 19.5 Å². The summed E-state index contributed by atoms with van der Waals surface area (Å²) in [7, 11) is 0. The number of primary amides is 1. The Kier molecular flexibility index (Phi) is 7.69. The number of rotatable bonds is 9. The highest BCUT2D eigenvalue weighted by atomic mass is 16.4. The lowest BCUT2D eigenvalue weighted by Crippen LogP contribution is -2.56. The number of amides is 2. The van der Waals surface area contributed by atoms with Gasteiger partial charge in [-0.25, -0.2) is 4.79 Å². The van der Waals surface area contributed by atoms with Crippen LogP contribution in [-0.2, 0) is 21.5 Å². The molecule has 9 heteroatoms. The summed E-state index contributed by atoms with van der Waals surface area (Å²) in [5.74, 6) is -1.27. The van der Waals surface area contributed by atoms with Gasteiger partial charge in [0.1, 0.15) is 5.84 Å². The molecule has 0 bridgehead atoms. The van der Waals surface area contributed by atoms with Crippen LogP contribution in [0.2, 0.25) is 0 Å². The third-order valence-electron chi connectivity index (χ3n) is 7.33. The van der Waals surface area contributed by atoms with Gasteiger partial charge in [0, 0.05) is 17.0 Å². The van der Waals surface area contributed by atoms with Crippen molar-refractivity contribution in [3.8, 4) is 0 Å². The molecule has 7 N–H and O–H groups in total. The van der Waals surface area contributed by atoms with Gasteiger partial charge >= 0.3 is 5.97 Å². The molecule has 2 atom stereocenters. The topological polar surface area (TPSA) is 160 Å². The number of carbonyl (C=O) groups excluding carboxylic acids is 2. The van der Waals surface area contributed by atoms with E-state index in [1.165, 1.54) is 6.07 Å². The molecular formula is C27H33N5O4. The molecule has 1 heterocycles. The maximum Gasteiger partial charge on any atom is 0.336 e. The molecule has 1 aliphatic heterocycles. The molecule has 4 rings (SSSR count). The summed E-state index contributed by atoms with van der Waals surface area (Å²) in [6, 6.07) is 15.4. The van der Waals surface area contributed by atoms with E-state index in [1.54, 1.807) is 18.2 Å². The van der Waals surface area contributed by atoms with E-state index in [-0.39, 0.29) is 29.5 Å². The second kappa shape index (κ2) is 10.9. The number of benzene rings is 2. The smallest absolute Gasteiger partial charge is 0.336 e. The van der Waals surface area contributed by atoms with Gasteiger partial charge in [-0.1, -0.05) is 48.5 Å². The van der Waals surface area contributed by atoms with Crippen molar-refractivity contribution in [3.63, 3.8) is 0 Å². The molecule has 9 nitrogen and oxygen atoms in total. The fraction of sp³-hybridized carbons (Fsp3) is 0.407. The van der Waals surface area contributed by atoms with Gasteiger partial charge in [-0.05, 0) is 56.2 Å². The molecule has 190 valence electrons. The average Bonchev–Trinajstić information content (AvgIpc) is 3.36. The van der Waals surface area contributed by atoms with Gasteiger partial charge < -0.3 is 27.2 Å². The van der Waals surface area contributed by atoms with Crippen LogP contribution < -0.4 is 22.1 Å². The molecule has 0 radical (unpaired) electrons. The van der Waals surface area contributed by atoms with Gasteiger partial charge in [-0.15, -0.1) is 0 Å². The Morgan fingerprint density at radius 2 is 1.72 bits per heavy atom. The predicted octanol–water partition coefficient (Wildman–Crippen LogP) is 1.56. The van der Waals surface area contributed by atoms with Crippen LogP contribution in [0, 0.1) is 11.8 Å². The van der Waals surface area contributed by atoms with E-state index >= 15 is 0 Å². The third-order valence-corrected chi connectivity index (χ3v) is 7.33. The highest BCUT2D eigenvalue weighted by molar-refractivity contribution is 6.02. The molecule has 1 saturated carbocycles. The number of nitrogens with two attached hydrogens (primary N) is 2. The molecule has 1 fully saturated rings. The molecule has 36 heavy (non-hydrogen) atoms. The molecular weight excluding hydrogens is 458 g/mol. The van der Waals surface area contributed by atoms with Crippen LogP contribution in [-0.4, -0.2) is 47.9 Å². The van der Waals surface area contributed by atoms with E-state index in [9.17, 15) is 19.5 Å². The summed E-state index contributed by atoms with van der Waals surface area (Å²) >= 11 is 0. The first-order valence-electron chi connectivity index (χ1n) is 12.3. The lowest BCUT2D eigenvalue weighted by Gasteiger charge is -2.31. The monoisotopic (exact) mass is 491 g/mol. The van der Waals surface area contributed by atoms with Crippen molar-refractivity contribution in [2.24, 2.45) is 28.3 Å². The van der Waals surface area contributed by atoms with E-state index in [2.05, 4.69) is 15.6 Å². The Bertz CT molecular complexity index is 1140. The molecule has 2 aromatic rings. The minimum absolute atomic E-state index is 0.0683. The fourth-order valence-corrected chi connectivity index (χ4v) is 5.17.